The van der Waals surface area contributed by atoms with E-state index < -0.39 is 23.9 Å². The van der Waals surface area contributed by atoms with Gasteiger partial charge >= 0.3 is 0 Å². The van der Waals surface area contributed by atoms with E-state index in [1.807, 2.05) is 42.5 Å². The number of hydrogen-bond acceptors (Lipinski definition) is 5. The predicted octanol–water partition coefficient (Wildman–Crippen LogP) is 0.589. The zero-order chi connectivity index (χ0) is 24.5. The number of nitrogens with one attached hydrogen (secondary N) is 2. The number of carbonyl (C=O) groups is 4. The fourth-order valence-corrected chi connectivity index (χ4v) is 4.38. The summed E-state index contributed by atoms with van der Waals surface area (Å²) in [5.74, 6) is -1.63. The quantitative estimate of drug-likeness (QED) is 0.357. The van der Waals surface area contributed by atoms with E-state index in [0.717, 1.165) is 16.3 Å². The highest BCUT2D eigenvalue weighted by Gasteiger charge is 2.35. The second-order valence-electron chi connectivity index (χ2n) is 8.59. The molecule has 0 aliphatic carbocycles. The monoisotopic (exact) mass is 467 g/mol. The fourth-order valence-electron chi connectivity index (χ4n) is 4.38. The van der Waals surface area contributed by atoms with Crippen LogP contribution in [-0.2, 0) is 25.6 Å². The Morgan fingerprint density at radius 3 is 2.59 bits per heavy atom. The normalized spacial score (nSPS) is 16.3. The summed E-state index contributed by atoms with van der Waals surface area (Å²) in [6.07, 6.45) is 3.17. The summed E-state index contributed by atoms with van der Waals surface area (Å²) in [5, 5.41) is 7.31. The van der Waals surface area contributed by atoms with Crippen molar-refractivity contribution in [3.63, 3.8) is 0 Å². The van der Waals surface area contributed by atoms with Gasteiger partial charge in [-0.1, -0.05) is 42.5 Å². The molecule has 3 rings (SSSR count). The third-order valence-electron chi connectivity index (χ3n) is 6.11. The molecule has 4 amide bonds. The smallest absolute Gasteiger partial charge is 0.243 e. The summed E-state index contributed by atoms with van der Waals surface area (Å²) in [6.45, 7) is 0.664. The first-order valence-corrected chi connectivity index (χ1v) is 11.7. The van der Waals surface area contributed by atoms with Crippen molar-refractivity contribution in [2.24, 2.45) is 11.5 Å². The van der Waals surface area contributed by atoms with E-state index >= 15 is 0 Å². The molecule has 1 heterocycles. The minimum absolute atomic E-state index is 0.119. The third-order valence-corrected chi connectivity index (χ3v) is 6.11. The first-order valence-electron chi connectivity index (χ1n) is 11.7. The molecule has 9 heteroatoms. The van der Waals surface area contributed by atoms with Crippen molar-refractivity contribution >= 4 is 34.4 Å². The largest absolute Gasteiger partial charge is 0.368 e. The van der Waals surface area contributed by atoms with Gasteiger partial charge in [-0.05, 0) is 55.0 Å². The molecule has 34 heavy (non-hydrogen) atoms. The van der Waals surface area contributed by atoms with E-state index in [0.29, 0.717) is 45.2 Å². The molecule has 1 aliphatic rings. The molecule has 2 atom stereocenters. The van der Waals surface area contributed by atoms with Crippen LogP contribution in [0.4, 0.5) is 0 Å². The van der Waals surface area contributed by atoms with Crippen molar-refractivity contribution in [1.29, 1.82) is 0 Å². The molecule has 1 saturated heterocycles. The molecule has 0 radical (unpaired) electrons. The van der Waals surface area contributed by atoms with E-state index in [1.165, 1.54) is 0 Å². The maximum absolute atomic E-state index is 13.2. The molecule has 2 aromatic rings. The number of primary amides is 1. The summed E-state index contributed by atoms with van der Waals surface area (Å²) in [7, 11) is 0. The lowest BCUT2D eigenvalue weighted by Crippen LogP contribution is -2.54. The fraction of sp³-hybridized carbons (Fsp3) is 0.440. The molecule has 2 unspecified atom stereocenters. The van der Waals surface area contributed by atoms with Gasteiger partial charge in [0, 0.05) is 6.54 Å². The van der Waals surface area contributed by atoms with E-state index in [2.05, 4.69) is 10.6 Å². The molecule has 6 N–H and O–H groups in total. The number of fused-ring (bicyclic) bond motifs is 1. The standard InChI is InChI=1S/C25H33N5O4/c26-13-4-3-11-20(24(33)28-16-22(27)31)29-25(34)21-12-6-14-30(21)23(32)15-18-9-5-8-17-7-1-2-10-19(17)18/h1-2,5,7-10,20-21H,3-4,6,11-16,26H2,(H2,27,31)(H,28,33)(H,29,34). The first kappa shape index (κ1) is 25.2. The number of nitrogens with two attached hydrogens (primary N) is 2. The number of hydrogen-bond donors (Lipinski definition) is 4. The molecule has 0 bridgehead atoms. The summed E-state index contributed by atoms with van der Waals surface area (Å²) in [5.41, 5.74) is 11.6. The van der Waals surface area contributed by atoms with Gasteiger partial charge < -0.3 is 27.0 Å². The van der Waals surface area contributed by atoms with Crippen molar-refractivity contribution in [2.75, 3.05) is 19.6 Å². The van der Waals surface area contributed by atoms with Crippen molar-refractivity contribution in [3.05, 3.63) is 48.0 Å². The van der Waals surface area contributed by atoms with Crippen LogP contribution in [0, 0.1) is 0 Å². The Hall–Kier alpha value is -3.46. The van der Waals surface area contributed by atoms with Gasteiger partial charge in [-0.25, -0.2) is 0 Å². The van der Waals surface area contributed by atoms with Gasteiger partial charge in [0.05, 0.1) is 13.0 Å². The van der Waals surface area contributed by atoms with Crippen LogP contribution in [-0.4, -0.2) is 60.2 Å². The van der Waals surface area contributed by atoms with E-state index in [4.69, 9.17) is 11.5 Å². The van der Waals surface area contributed by atoms with E-state index in [9.17, 15) is 19.2 Å². The lowest BCUT2D eigenvalue weighted by atomic mass is 10.0. The number of amides is 4. The van der Waals surface area contributed by atoms with Gasteiger partial charge in [0.1, 0.15) is 12.1 Å². The Morgan fingerprint density at radius 1 is 1.06 bits per heavy atom. The average molecular weight is 468 g/mol. The van der Waals surface area contributed by atoms with Crippen molar-refractivity contribution in [3.8, 4) is 0 Å². The molecule has 0 aromatic heterocycles. The minimum atomic E-state index is -0.825. The molecular formula is C25H33N5O4. The lowest BCUT2D eigenvalue weighted by molar-refractivity contribution is -0.139. The molecule has 0 spiro atoms. The van der Waals surface area contributed by atoms with Gasteiger partial charge in [-0.15, -0.1) is 0 Å². The first-order chi connectivity index (χ1) is 16.4. The Balaban J connectivity index is 1.67. The summed E-state index contributed by atoms with van der Waals surface area (Å²) in [4.78, 5) is 51.5. The maximum atomic E-state index is 13.2. The van der Waals surface area contributed by atoms with Crippen LogP contribution >= 0.6 is 0 Å². The Morgan fingerprint density at radius 2 is 1.82 bits per heavy atom. The Kier molecular flexibility index (Phi) is 8.98. The average Bonchev–Trinajstić information content (AvgIpc) is 3.32. The topological polar surface area (TPSA) is 148 Å². The Bertz CT molecular complexity index is 1040. The van der Waals surface area contributed by atoms with Crippen molar-refractivity contribution in [1.82, 2.24) is 15.5 Å². The number of nitrogens with zero attached hydrogens (tertiary/aromatic N) is 1. The van der Waals surface area contributed by atoms with Gasteiger partial charge in [0.2, 0.25) is 23.6 Å². The van der Waals surface area contributed by atoms with Gasteiger partial charge in [-0.3, -0.25) is 19.2 Å². The predicted molar refractivity (Wildman–Crippen MR) is 129 cm³/mol. The molecule has 1 aliphatic heterocycles. The summed E-state index contributed by atoms with van der Waals surface area (Å²) in [6, 6.07) is 12.3. The Labute approximate surface area is 199 Å². The van der Waals surface area contributed by atoms with Crippen LogP contribution < -0.4 is 22.1 Å². The highest BCUT2D eigenvalue weighted by molar-refractivity contribution is 5.95. The zero-order valence-electron chi connectivity index (χ0n) is 19.3. The van der Waals surface area contributed by atoms with Crippen LogP contribution in [0.5, 0.6) is 0 Å². The molecule has 1 fully saturated rings. The highest BCUT2D eigenvalue weighted by Crippen LogP contribution is 2.23. The van der Waals surface area contributed by atoms with Gasteiger partial charge in [-0.2, -0.15) is 0 Å². The molecular weight excluding hydrogens is 434 g/mol. The number of carbonyl (C=O) groups excluding carboxylic acids is 4. The number of unbranched alkanes of at least 4 members (excludes halogenated alkanes) is 1. The van der Waals surface area contributed by atoms with Gasteiger partial charge in [0.15, 0.2) is 0 Å². The van der Waals surface area contributed by atoms with E-state index in [-0.39, 0.29) is 24.8 Å². The van der Waals surface area contributed by atoms with Crippen molar-refractivity contribution in [2.45, 2.75) is 50.6 Å². The highest BCUT2D eigenvalue weighted by atomic mass is 16.2. The van der Waals surface area contributed by atoms with Crippen LogP contribution in [0.1, 0.15) is 37.7 Å². The minimum Gasteiger partial charge on any atom is -0.368 e. The number of rotatable bonds is 11. The summed E-state index contributed by atoms with van der Waals surface area (Å²) >= 11 is 0. The van der Waals surface area contributed by atoms with E-state index in [1.54, 1.807) is 4.90 Å². The second-order valence-corrected chi connectivity index (χ2v) is 8.59. The summed E-state index contributed by atoms with van der Waals surface area (Å²) < 4.78 is 0. The van der Waals surface area contributed by atoms with Crippen LogP contribution in [0.15, 0.2) is 42.5 Å². The maximum Gasteiger partial charge on any atom is 0.243 e. The molecule has 9 nitrogen and oxygen atoms in total. The number of likely N-dealkylation sites (tertiary alicyclic amines) is 1. The zero-order valence-corrected chi connectivity index (χ0v) is 19.3. The van der Waals surface area contributed by atoms with Gasteiger partial charge in [0.25, 0.3) is 0 Å². The molecule has 182 valence electrons. The van der Waals surface area contributed by atoms with Crippen LogP contribution in [0.3, 0.4) is 0 Å². The third kappa shape index (κ3) is 6.54. The lowest BCUT2D eigenvalue weighted by Gasteiger charge is -2.26. The van der Waals surface area contributed by atoms with Crippen molar-refractivity contribution < 1.29 is 19.2 Å². The molecule has 0 saturated carbocycles. The van der Waals surface area contributed by atoms with Crippen LogP contribution in [0.25, 0.3) is 10.8 Å². The SMILES string of the molecule is NCCCCC(NC(=O)C1CCCN1C(=O)Cc1cccc2ccccc12)C(=O)NCC(N)=O. The molecule has 2 aromatic carbocycles. The number of benzene rings is 2. The second kappa shape index (κ2) is 12.1. The van der Waals surface area contributed by atoms with Crippen LogP contribution in [0.2, 0.25) is 0 Å².